The van der Waals surface area contributed by atoms with Gasteiger partial charge in [0.2, 0.25) is 0 Å². The normalized spacial score (nSPS) is 21.8. The number of sulfone groups is 1. The molecule has 0 aliphatic carbocycles. The fraction of sp³-hybridized carbons (Fsp3) is 0.385. The summed E-state index contributed by atoms with van der Waals surface area (Å²) in [4.78, 5) is 0. The van der Waals surface area contributed by atoms with Crippen molar-refractivity contribution in [1.82, 2.24) is 5.32 Å². The van der Waals surface area contributed by atoms with Crippen LogP contribution in [0.4, 0.5) is 0 Å². The minimum Gasteiger partial charge on any atom is -0.491 e. The maximum atomic E-state index is 11.2. The van der Waals surface area contributed by atoms with Gasteiger partial charge in [-0.05, 0) is 24.3 Å². The van der Waals surface area contributed by atoms with Crippen molar-refractivity contribution < 1.29 is 18.3 Å². The lowest BCUT2D eigenvalue weighted by Crippen LogP contribution is -2.38. The molecule has 7 heteroatoms. The first kappa shape index (κ1) is 15.3. The third-order valence-corrected chi connectivity index (χ3v) is 4.45. The lowest BCUT2D eigenvalue weighted by Gasteiger charge is -2.15. The number of benzene rings is 1. The van der Waals surface area contributed by atoms with Gasteiger partial charge in [-0.25, -0.2) is 8.42 Å². The van der Waals surface area contributed by atoms with Crippen molar-refractivity contribution in [3.8, 4) is 5.75 Å². The number of ether oxygens (including phenoxy) is 1. The molecule has 0 fully saturated rings. The van der Waals surface area contributed by atoms with Gasteiger partial charge in [0.05, 0.1) is 5.75 Å². The summed E-state index contributed by atoms with van der Waals surface area (Å²) in [7, 11) is -3.07. The predicted molar refractivity (Wildman–Crippen MR) is 77.7 cm³/mol. The first-order chi connectivity index (χ1) is 9.44. The number of aliphatic hydroxyl groups is 1. The summed E-state index contributed by atoms with van der Waals surface area (Å²) >= 11 is 5.75. The SMILES string of the molecule is O=S1(=O)C=CC(NCC(O)COc2ccc(Cl)cc2)C1. The van der Waals surface area contributed by atoms with Crippen molar-refractivity contribution in [2.75, 3.05) is 18.9 Å². The lowest BCUT2D eigenvalue weighted by molar-refractivity contribution is 0.105. The van der Waals surface area contributed by atoms with Crippen LogP contribution in [0, 0.1) is 0 Å². The highest BCUT2D eigenvalue weighted by Gasteiger charge is 2.21. The van der Waals surface area contributed by atoms with E-state index in [0.29, 0.717) is 10.8 Å². The summed E-state index contributed by atoms with van der Waals surface area (Å²) < 4.78 is 27.8. The molecule has 2 rings (SSSR count). The van der Waals surface area contributed by atoms with Gasteiger partial charge in [-0.2, -0.15) is 0 Å². The molecular weight excluding hydrogens is 302 g/mol. The van der Waals surface area contributed by atoms with Gasteiger partial charge in [-0.3, -0.25) is 0 Å². The van der Waals surface area contributed by atoms with Crippen LogP contribution in [-0.4, -0.2) is 44.6 Å². The fourth-order valence-corrected chi connectivity index (χ4v) is 3.17. The van der Waals surface area contributed by atoms with Crippen molar-refractivity contribution in [3.05, 3.63) is 40.8 Å². The first-order valence-corrected chi connectivity index (χ1v) is 8.25. The Kier molecular flexibility index (Phi) is 5.04. The molecule has 0 radical (unpaired) electrons. The summed E-state index contributed by atoms with van der Waals surface area (Å²) in [6, 6.07) is 6.60. The van der Waals surface area contributed by atoms with Crippen molar-refractivity contribution in [3.63, 3.8) is 0 Å². The van der Waals surface area contributed by atoms with E-state index in [4.69, 9.17) is 16.3 Å². The average Bonchev–Trinajstić information content (AvgIpc) is 2.75. The zero-order valence-electron chi connectivity index (χ0n) is 10.7. The maximum Gasteiger partial charge on any atom is 0.173 e. The van der Waals surface area contributed by atoms with Gasteiger partial charge in [-0.15, -0.1) is 0 Å². The number of hydrogen-bond acceptors (Lipinski definition) is 5. The molecule has 110 valence electrons. The van der Waals surface area contributed by atoms with Gasteiger partial charge in [0.25, 0.3) is 0 Å². The molecule has 2 unspecified atom stereocenters. The summed E-state index contributed by atoms with van der Waals surface area (Å²) in [5, 5.41) is 14.5. The van der Waals surface area contributed by atoms with Crippen LogP contribution in [0.15, 0.2) is 35.7 Å². The Morgan fingerprint density at radius 2 is 2.10 bits per heavy atom. The molecule has 5 nitrogen and oxygen atoms in total. The van der Waals surface area contributed by atoms with Gasteiger partial charge in [0.1, 0.15) is 18.5 Å². The fourth-order valence-electron chi connectivity index (χ4n) is 1.77. The molecule has 1 heterocycles. The van der Waals surface area contributed by atoms with E-state index in [1.165, 1.54) is 5.41 Å². The van der Waals surface area contributed by atoms with Crippen LogP contribution in [-0.2, 0) is 9.84 Å². The Hall–Kier alpha value is -1.08. The number of nitrogens with one attached hydrogen (secondary N) is 1. The topological polar surface area (TPSA) is 75.6 Å². The zero-order chi connectivity index (χ0) is 14.6. The number of halogens is 1. The summed E-state index contributed by atoms with van der Waals surface area (Å²) in [6.45, 7) is 0.385. The molecule has 0 saturated heterocycles. The third-order valence-electron chi connectivity index (χ3n) is 2.80. The highest BCUT2D eigenvalue weighted by Crippen LogP contribution is 2.15. The standard InChI is InChI=1S/C13H16ClNO4S/c14-10-1-3-13(4-2-10)19-8-12(16)7-15-11-5-6-20(17,18)9-11/h1-6,11-12,15-16H,7-9H2. The van der Waals surface area contributed by atoms with E-state index >= 15 is 0 Å². The largest absolute Gasteiger partial charge is 0.491 e. The van der Waals surface area contributed by atoms with E-state index in [0.717, 1.165) is 0 Å². The van der Waals surface area contributed by atoms with Crippen molar-refractivity contribution in [2.45, 2.75) is 12.1 Å². The molecule has 2 atom stereocenters. The summed E-state index contributed by atoms with van der Waals surface area (Å²) in [5.41, 5.74) is 0. The van der Waals surface area contributed by atoms with Gasteiger partial charge in [0, 0.05) is 23.0 Å². The van der Waals surface area contributed by atoms with Gasteiger partial charge in [0.15, 0.2) is 9.84 Å². The summed E-state index contributed by atoms with van der Waals surface area (Å²) in [6.07, 6.45) is 0.865. The second kappa shape index (κ2) is 6.58. The smallest absolute Gasteiger partial charge is 0.173 e. The predicted octanol–water partition coefficient (Wildman–Crippen LogP) is 0.980. The van der Waals surface area contributed by atoms with Crippen LogP contribution in [0.3, 0.4) is 0 Å². The zero-order valence-corrected chi connectivity index (χ0v) is 12.3. The lowest BCUT2D eigenvalue weighted by atomic mass is 10.3. The Balaban J connectivity index is 1.69. The number of hydrogen-bond donors (Lipinski definition) is 2. The second-order valence-electron chi connectivity index (χ2n) is 4.59. The molecule has 0 aromatic heterocycles. The Bertz CT molecular complexity index is 571. The quantitative estimate of drug-likeness (QED) is 0.818. The molecule has 2 N–H and O–H groups in total. The third kappa shape index (κ3) is 4.79. The van der Waals surface area contributed by atoms with Crippen LogP contribution in [0.25, 0.3) is 0 Å². The van der Waals surface area contributed by atoms with Crippen LogP contribution < -0.4 is 10.1 Å². The van der Waals surface area contributed by atoms with E-state index < -0.39 is 15.9 Å². The van der Waals surface area contributed by atoms with Crippen molar-refractivity contribution >= 4 is 21.4 Å². The highest BCUT2D eigenvalue weighted by molar-refractivity contribution is 7.94. The molecule has 1 aromatic rings. The maximum absolute atomic E-state index is 11.2. The monoisotopic (exact) mass is 317 g/mol. The van der Waals surface area contributed by atoms with Crippen LogP contribution in [0.1, 0.15) is 0 Å². The van der Waals surface area contributed by atoms with Crippen LogP contribution in [0.2, 0.25) is 5.02 Å². The van der Waals surface area contributed by atoms with Gasteiger partial charge in [-0.1, -0.05) is 17.7 Å². The van der Waals surface area contributed by atoms with Crippen molar-refractivity contribution in [1.29, 1.82) is 0 Å². The second-order valence-corrected chi connectivity index (χ2v) is 6.96. The molecule has 0 amide bonds. The van der Waals surface area contributed by atoms with E-state index in [9.17, 15) is 13.5 Å². The Labute approximate surface area is 123 Å². The van der Waals surface area contributed by atoms with Gasteiger partial charge >= 0.3 is 0 Å². The summed E-state index contributed by atoms with van der Waals surface area (Å²) in [5.74, 6) is 0.661. The van der Waals surface area contributed by atoms with E-state index in [1.54, 1.807) is 30.3 Å². The molecule has 1 aliphatic rings. The molecule has 20 heavy (non-hydrogen) atoms. The van der Waals surface area contributed by atoms with E-state index in [-0.39, 0.29) is 24.9 Å². The van der Waals surface area contributed by atoms with E-state index in [2.05, 4.69) is 5.32 Å². The first-order valence-electron chi connectivity index (χ1n) is 6.15. The van der Waals surface area contributed by atoms with Crippen molar-refractivity contribution in [2.24, 2.45) is 0 Å². The van der Waals surface area contributed by atoms with E-state index in [1.807, 2.05) is 0 Å². The number of aliphatic hydroxyl groups excluding tert-OH is 1. The molecule has 0 bridgehead atoms. The van der Waals surface area contributed by atoms with Crippen LogP contribution >= 0.6 is 11.6 Å². The minimum absolute atomic E-state index is 0.0394. The molecule has 1 aromatic carbocycles. The highest BCUT2D eigenvalue weighted by atomic mass is 35.5. The molecule has 1 aliphatic heterocycles. The Morgan fingerprint density at radius 1 is 1.40 bits per heavy atom. The number of rotatable bonds is 6. The molecular formula is C13H16ClNO4S. The average molecular weight is 318 g/mol. The molecule has 0 spiro atoms. The Morgan fingerprint density at radius 3 is 2.70 bits per heavy atom. The molecule has 0 saturated carbocycles. The minimum atomic E-state index is -3.07. The van der Waals surface area contributed by atoms with Gasteiger partial charge < -0.3 is 15.2 Å². The van der Waals surface area contributed by atoms with Crippen LogP contribution in [0.5, 0.6) is 5.75 Å².